The third-order valence-corrected chi connectivity index (χ3v) is 29.2. The minimum atomic E-state index is -4.36. The monoisotopic (exact) mass is 1900 g/mol. The number of ether oxygens (including phenoxy) is 10. The lowest BCUT2D eigenvalue weighted by molar-refractivity contribution is -0.355. The molecule has 2 spiro atoms. The molecule has 0 radical (unpaired) electrons. The molecule has 8 aliphatic carbocycles. The van der Waals surface area contributed by atoms with Gasteiger partial charge in [0.05, 0.1) is 21.8 Å². The van der Waals surface area contributed by atoms with Crippen molar-refractivity contribution in [1.29, 1.82) is 0 Å². The van der Waals surface area contributed by atoms with Crippen LogP contribution in [0.1, 0.15) is 98.8 Å². The molecule has 8 bridgehead atoms. The van der Waals surface area contributed by atoms with Crippen LogP contribution in [0.2, 0.25) is 0 Å². The molecule has 0 amide bonds. The molecule has 10 aromatic carbocycles. The van der Waals surface area contributed by atoms with Gasteiger partial charge < -0.3 is 85.1 Å². The van der Waals surface area contributed by atoms with E-state index >= 15 is 0 Å². The molecule has 10 aliphatic rings. The molecule has 10 aromatic rings. The zero-order valence-electron chi connectivity index (χ0n) is 72.6. The molecule has 8 saturated carbocycles. The number of rotatable bonds is 21. The van der Waals surface area contributed by atoms with Crippen LogP contribution in [0.5, 0.6) is 69.0 Å². The van der Waals surface area contributed by atoms with Crippen LogP contribution in [0.25, 0.3) is 0 Å². The van der Waals surface area contributed by atoms with Gasteiger partial charge in [0.2, 0.25) is 0 Å². The minimum absolute atomic E-state index is 0. The maximum absolute atomic E-state index is 13.7. The second-order valence-electron chi connectivity index (χ2n) is 34.2. The Bertz CT molecular complexity index is 4860. The maximum atomic E-state index is 13.7. The van der Waals surface area contributed by atoms with Crippen LogP contribution in [-0.4, -0.2) is 142 Å². The summed E-state index contributed by atoms with van der Waals surface area (Å²) in [4.78, 5) is 32.9. The summed E-state index contributed by atoms with van der Waals surface area (Å²) in [5.74, 6) is -27.1. The number of esters is 2. The average Bonchev–Trinajstić information content (AvgIpc) is 1.30. The molecule has 132 heavy (non-hydrogen) atoms. The zero-order valence-corrected chi connectivity index (χ0v) is 75.0. The summed E-state index contributed by atoms with van der Waals surface area (Å²) in [5.41, 5.74) is -2.30. The van der Waals surface area contributed by atoms with Gasteiger partial charge in [0.1, 0.15) is 107 Å². The fourth-order valence-corrected chi connectivity index (χ4v) is 22.7. The molecule has 17 nitrogen and oxygen atoms in total. The highest BCUT2D eigenvalue weighted by atomic mass is 35.5. The number of phenols is 4. The first kappa shape index (κ1) is 99.0. The van der Waals surface area contributed by atoms with E-state index in [9.17, 15) is 82.7 Å². The van der Waals surface area contributed by atoms with E-state index in [4.69, 9.17) is 47.4 Å². The molecule has 32 heteroatoms. The van der Waals surface area contributed by atoms with E-state index in [2.05, 4.69) is 123 Å². The van der Waals surface area contributed by atoms with E-state index in [-0.39, 0.29) is 94.7 Å². The third kappa shape index (κ3) is 23.1. The normalized spacial score (nSPS) is 23.2. The lowest BCUT2D eigenvalue weighted by Crippen LogP contribution is -3.00. The lowest BCUT2D eigenvalue weighted by Gasteiger charge is -2.63. The molecule has 0 aromatic heterocycles. The molecule has 2 saturated heterocycles. The molecular formula is C100H101ClF12NO16S2+. The van der Waals surface area contributed by atoms with Crippen molar-refractivity contribution in [3.8, 4) is 69.0 Å². The Hall–Kier alpha value is -10.5. The molecule has 2 heterocycles. The van der Waals surface area contributed by atoms with Crippen molar-refractivity contribution in [2.45, 2.75) is 187 Å². The molecule has 4 unspecified atom stereocenters. The quantitative estimate of drug-likeness (QED) is 0.0299. The average molecular weight is 1900 g/mol. The fraction of sp³-hybridized carbons (Fsp3) is 0.380. The van der Waals surface area contributed by atoms with Crippen LogP contribution in [0.4, 0.5) is 52.7 Å². The summed E-state index contributed by atoms with van der Waals surface area (Å²) >= 11 is 0. The van der Waals surface area contributed by atoms with E-state index in [1.54, 1.807) is 97.1 Å². The van der Waals surface area contributed by atoms with Gasteiger partial charge in [0.25, 0.3) is 0 Å². The largest absolute Gasteiger partial charge is 1.00 e. The van der Waals surface area contributed by atoms with Gasteiger partial charge in [-0.25, -0.2) is 9.59 Å². The highest BCUT2D eigenvalue weighted by molar-refractivity contribution is 7.97. The summed E-state index contributed by atoms with van der Waals surface area (Å²) in [6.45, 7) is 5.11. The molecule has 10 fully saturated rings. The van der Waals surface area contributed by atoms with Crippen molar-refractivity contribution < 1.29 is 142 Å². The number of benzene rings is 10. The van der Waals surface area contributed by atoms with Crippen molar-refractivity contribution in [3.05, 3.63) is 255 Å². The van der Waals surface area contributed by atoms with Gasteiger partial charge >= 0.3 is 47.5 Å². The topological polar surface area (TPSA) is 211 Å². The fourth-order valence-electron chi connectivity index (χ4n) is 18.6. The van der Waals surface area contributed by atoms with Crippen molar-refractivity contribution in [3.63, 3.8) is 0 Å². The second kappa shape index (κ2) is 40.7. The Morgan fingerprint density at radius 2 is 0.530 bits per heavy atom. The molecule has 704 valence electrons. The number of carbonyl (C=O) groups is 2. The number of halogens is 13. The number of aromatic hydroxyl groups is 4. The van der Waals surface area contributed by atoms with E-state index in [1.165, 1.54) is 49.0 Å². The summed E-state index contributed by atoms with van der Waals surface area (Å²) in [5, 5.41) is 37.9. The first-order valence-electron chi connectivity index (χ1n) is 43.1. The summed E-state index contributed by atoms with van der Waals surface area (Å²) in [6.07, 6.45) is 2.93. The van der Waals surface area contributed by atoms with Crippen molar-refractivity contribution in [1.82, 2.24) is 4.90 Å². The van der Waals surface area contributed by atoms with Crippen LogP contribution in [0.3, 0.4) is 0 Å². The molecular weight excluding hydrogens is 1800 g/mol. The van der Waals surface area contributed by atoms with Crippen molar-refractivity contribution in [2.75, 3.05) is 46.1 Å². The number of carbonyl (C=O) groups excluding carboxylic acids is 2. The third-order valence-electron chi connectivity index (χ3n) is 24.7. The highest BCUT2D eigenvalue weighted by Crippen LogP contribution is 2.66. The van der Waals surface area contributed by atoms with E-state index in [0.717, 1.165) is 23.0 Å². The molecule has 4 N–H and O–H groups in total. The highest BCUT2D eigenvalue weighted by Gasteiger charge is 2.72. The Labute approximate surface area is 768 Å². The first-order chi connectivity index (χ1) is 62.2. The van der Waals surface area contributed by atoms with Crippen LogP contribution in [0.15, 0.2) is 284 Å². The summed E-state index contributed by atoms with van der Waals surface area (Å²) in [6, 6.07) is 80.0. The van der Waals surface area contributed by atoms with Gasteiger partial charge in [0, 0.05) is 37.5 Å². The number of nitrogens with zero attached hydrogens (tertiary/aromatic N) is 1. The molecule has 4 atom stereocenters. The van der Waals surface area contributed by atoms with E-state index < -0.39 is 120 Å². The number of alkyl halides is 12. The van der Waals surface area contributed by atoms with Gasteiger partial charge in [-0.05, 0) is 314 Å². The zero-order chi connectivity index (χ0) is 93.5. The van der Waals surface area contributed by atoms with Gasteiger partial charge in [-0.15, -0.1) is 0 Å². The Morgan fingerprint density at radius 1 is 0.333 bits per heavy atom. The Balaban J connectivity index is 0.000000146. The standard InChI is InChI=1S/2C30H22O4S.2C17H20F6O4.C6H15N.ClH/c2*31-22-6-10-24(11-7-22)33-26-14-18-29(19-15-26)35(28-4-2-1-3-5-28)30-20-16-27(17-21-30)34-25-12-8-23(32)9-13-25;2*1-13(18,19)12(24)27-14-4-9-2-10(5-14)17(11(3-9)6-14)25-7-15(20,21)16(22,23)8-26-17;1-4-7(5-2)6-3;/h2*1-21H,(H-,31,32);2*9-11H,2-8H2,1H3;4-6H2,1-3H3;1H/p+1. The van der Waals surface area contributed by atoms with E-state index in [0.29, 0.717) is 75.4 Å². The predicted molar refractivity (Wildman–Crippen MR) is 464 cm³/mol. The van der Waals surface area contributed by atoms with Crippen molar-refractivity contribution >= 4 is 33.7 Å². The van der Waals surface area contributed by atoms with Crippen LogP contribution in [-0.2, 0) is 59.8 Å². The maximum Gasteiger partial charge on any atom is 0.377 e. The Kier molecular flexibility index (Phi) is 30.5. The van der Waals surface area contributed by atoms with Crippen LogP contribution in [0, 0.1) is 35.5 Å². The number of hydrogen-bond donors (Lipinski definition) is 4. The van der Waals surface area contributed by atoms with Crippen molar-refractivity contribution in [2.24, 2.45) is 35.5 Å². The van der Waals surface area contributed by atoms with Gasteiger partial charge in [-0.2, -0.15) is 52.7 Å². The SMILES string of the molecule is CC(F)(F)C(=O)OC12CC3CC(C1)C1(OCC(F)(F)C(F)(F)CO1)C(C3)C2.CC(F)(F)C(=O)OC12CC3CC(C1)C1(OCC(F)(F)C(F)(F)CO1)C(C3)C2.CCN(CC)CC.Oc1ccc(Oc2ccc([S+](c3ccccc3)c3ccc(Oc4ccc(O)cc4)cc3)cc2)cc1.Oc1ccc(Oc2ccc([S+](c3ccccc3)c3ccc(Oc4ccc(O)cc4)cc3)cc2)cc1.[Cl-]. The second-order valence-corrected chi connectivity index (χ2v) is 38.2. The van der Waals surface area contributed by atoms with Crippen LogP contribution < -0.4 is 31.4 Å². The number of hydrogen-bond acceptors (Lipinski definition) is 17. The predicted octanol–water partition coefficient (Wildman–Crippen LogP) is 21.5. The van der Waals surface area contributed by atoms with Gasteiger partial charge in [-0.1, -0.05) is 57.2 Å². The van der Waals surface area contributed by atoms with Gasteiger partial charge in [-0.3, -0.25) is 0 Å². The summed E-state index contributed by atoms with van der Waals surface area (Å²) in [7, 11) is -0.615. The number of phenolic OH excluding ortho intramolecular Hbond substituents is 4. The summed E-state index contributed by atoms with van der Waals surface area (Å²) < 4.78 is 218. The van der Waals surface area contributed by atoms with Gasteiger partial charge in [0.15, 0.2) is 40.9 Å². The first-order valence-corrected chi connectivity index (χ1v) is 45.5. The van der Waals surface area contributed by atoms with E-state index in [1.807, 2.05) is 60.7 Å². The smallest absolute Gasteiger partial charge is 0.377 e. The minimum Gasteiger partial charge on any atom is -1.00 e. The molecule has 20 rings (SSSR count). The molecule has 2 aliphatic heterocycles. The Morgan fingerprint density at radius 3 is 0.720 bits per heavy atom. The lowest BCUT2D eigenvalue weighted by atomic mass is 9.51. The van der Waals surface area contributed by atoms with Crippen LogP contribution >= 0.6 is 0 Å².